The number of rotatable bonds is 9. The molecule has 0 saturated carbocycles. The molecule has 5 rings (SSSR count). The average molecular weight is 795 g/mol. The van der Waals surface area contributed by atoms with E-state index in [1.54, 1.807) is 0 Å². The van der Waals surface area contributed by atoms with Gasteiger partial charge < -0.3 is 15.5 Å². The maximum absolute atomic E-state index is 5.52. The Hall–Kier alpha value is -1.75. The Balaban J connectivity index is 1.62. The third kappa shape index (κ3) is 9.29. The Labute approximate surface area is 351 Å². The van der Waals surface area contributed by atoms with Crippen LogP contribution in [0, 0.1) is 11.8 Å². The normalized spacial score (nSPS) is 29.4. The van der Waals surface area contributed by atoms with Gasteiger partial charge in [-0.15, -0.1) is 0 Å². The molecule has 1 aromatic rings. The summed E-state index contributed by atoms with van der Waals surface area (Å²) in [6.45, 7) is 43.3. The summed E-state index contributed by atoms with van der Waals surface area (Å²) in [5.41, 5.74) is 0.459. The van der Waals surface area contributed by atoms with Crippen molar-refractivity contribution < 1.29 is 0 Å². The molecule has 0 bridgehead atoms. The Morgan fingerprint density at radius 2 is 0.649 bits per heavy atom. The zero-order valence-electron chi connectivity index (χ0n) is 41.2. The van der Waals surface area contributed by atoms with E-state index in [0.29, 0.717) is 23.7 Å². The van der Waals surface area contributed by atoms with Crippen LogP contribution in [0.4, 0.5) is 17.8 Å². The van der Waals surface area contributed by atoms with Crippen molar-refractivity contribution in [2.75, 3.05) is 43.7 Å². The molecule has 1 aromatic heterocycles. The highest BCUT2D eigenvalue weighted by Crippen LogP contribution is 2.47. The molecule has 2 unspecified atom stereocenters. The van der Waals surface area contributed by atoms with Crippen molar-refractivity contribution in [1.82, 2.24) is 34.6 Å². The number of hydrogen-bond acceptors (Lipinski definition) is 10. The second-order valence-corrected chi connectivity index (χ2v) is 24.8. The molecular weight excluding hydrogens is 705 g/mol. The molecule has 5 heterocycles. The smallest absolute Gasteiger partial charge is 0.232 e. The van der Waals surface area contributed by atoms with Crippen LogP contribution >= 0.6 is 0 Å². The maximum atomic E-state index is 5.52. The minimum Gasteiger partial charge on any atom is -0.351 e. The lowest BCUT2D eigenvalue weighted by molar-refractivity contribution is -0.0331. The van der Waals surface area contributed by atoms with E-state index in [4.69, 9.17) is 15.0 Å². The quantitative estimate of drug-likeness (QED) is 0.253. The molecule has 0 aromatic carbocycles. The van der Waals surface area contributed by atoms with E-state index in [0.717, 1.165) is 57.3 Å². The molecule has 0 spiro atoms. The standard InChI is InChI=1S/C47H90N10/c1-31(33-23-40(3,4)53(19)41(5,6)24-33)48-37-50-38(49-32(2)34-25-42(7,8)54(20)43(9,10)26-34)52-39(51-37)57(35-27-44(11,12)55(21)45(13,14)28-35)36-29-46(15,16)56(22)47(17,18)30-36/h31-36H,23-30H2,1-22H3,(H2,48,49,50,51,52). The van der Waals surface area contributed by atoms with E-state index >= 15 is 0 Å². The fourth-order valence-electron chi connectivity index (χ4n) is 12.5. The molecule has 2 N–H and O–H groups in total. The van der Waals surface area contributed by atoms with Crippen LogP contribution in [0.1, 0.15) is 176 Å². The van der Waals surface area contributed by atoms with Crippen LogP contribution in [-0.2, 0) is 0 Å². The zero-order chi connectivity index (χ0) is 43.3. The van der Waals surface area contributed by atoms with Gasteiger partial charge in [-0.25, -0.2) is 0 Å². The first kappa shape index (κ1) is 46.3. The van der Waals surface area contributed by atoms with Gasteiger partial charge in [0.15, 0.2) is 0 Å². The number of anilines is 3. The second kappa shape index (κ2) is 15.0. The van der Waals surface area contributed by atoms with Crippen molar-refractivity contribution in [3.05, 3.63) is 0 Å². The summed E-state index contributed by atoms with van der Waals surface area (Å²) in [7, 11) is 9.22. The minimum absolute atomic E-state index is 0.0148. The highest BCUT2D eigenvalue weighted by Gasteiger charge is 2.51. The topological polar surface area (TPSA) is 78.9 Å². The van der Waals surface area contributed by atoms with Crippen LogP contribution < -0.4 is 15.5 Å². The van der Waals surface area contributed by atoms with Crippen LogP contribution in [0.5, 0.6) is 0 Å². The monoisotopic (exact) mass is 795 g/mol. The van der Waals surface area contributed by atoms with Crippen molar-refractivity contribution in [1.29, 1.82) is 0 Å². The largest absolute Gasteiger partial charge is 0.351 e. The molecule has 10 heteroatoms. The Bertz CT molecular complexity index is 1390. The van der Waals surface area contributed by atoms with Gasteiger partial charge in [-0.3, -0.25) is 19.6 Å². The average Bonchev–Trinajstić information content (AvgIpc) is 3.02. The highest BCUT2D eigenvalue weighted by molar-refractivity contribution is 5.47. The molecular formula is C47H90N10. The lowest BCUT2D eigenvalue weighted by Crippen LogP contribution is -2.67. The van der Waals surface area contributed by atoms with Gasteiger partial charge in [0.2, 0.25) is 17.8 Å². The van der Waals surface area contributed by atoms with Gasteiger partial charge >= 0.3 is 0 Å². The highest BCUT2D eigenvalue weighted by atomic mass is 15.4. The number of piperidine rings is 4. The lowest BCUT2D eigenvalue weighted by Gasteiger charge is -2.60. The van der Waals surface area contributed by atoms with Crippen molar-refractivity contribution >= 4 is 17.8 Å². The van der Waals surface area contributed by atoms with Gasteiger partial charge in [0.05, 0.1) is 0 Å². The first-order valence-corrected chi connectivity index (χ1v) is 22.7. The molecule has 0 aliphatic carbocycles. The van der Waals surface area contributed by atoms with E-state index in [1.165, 1.54) is 0 Å². The van der Waals surface area contributed by atoms with E-state index in [9.17, 15) is 0 Å². The van der Waals surface area contributed by atoms with Crippen molar-refractivity contribution in [3.63, 3.8) is 0 Å². The fourth-order valence-corrected chi connectivity index (χ4v) is 12.5. The summed E-state index contributed by atoms with van der Waals surface area (Å²) in [6, 6.07) is 0.943. The predicted octanol–water partition coefficient (Wildman–Crippen LogP) is 9.38. The Morgan fingerprint density at radius 3 is 0.895 bits per heavy atom. The van der Waals surface area contributed by atoms with Gasteiger partial charge in [0.25, 0.3) is 0 Å². The van der Waals surface area contributed by atoms with Crippen LogP contribution in [0.15, 0.2) is 0 Å². The number of aromatic nitrogens is 3. The molecule has 4 fully saturated rings. The van der Waals surface area contributed by atoms with Gasteiger partial charge in [0.1, 0.15) is 0 Å². The number of likely N-dealkylation sites (tertiary alicyclic amines) is 4. The first-order valence-electron chi connectivity index (χ1n) is 22.7. The van der Waals surface area contributed by atoms with E-state index in [2.05, 4.69) is 188 Å². The molecule has 4 aliphatic rings. The van der Waals surface area contributed by atoms with Gasteiger partial charge in [-0.05, 0) is 216 Å². The van der Waals surface area contributed by atoms with Crippen molar-refractivity contribution in [2.45, 2.75) is 244 Å². The number of nitrogens with zero attached hydrogens (tertiary/aromatic N) is 8. The maximum Gasteiger partial charge on any atom is 0.232 e. The SMILES string of the molecule is CC(Nc1nc(NC(C)C2CC(C)(C)N(C)C(C)(C)C2)nc(N(C2CC(C)(C)N(C)C(C)(C)C2)C2CC(C)(C)N(C)C(C)(C)C2)n1)C1CC(C)(C)N(C)C(C)(C)C1. The molecule has 0 amide bonds. The van der Waals surface area contributed by atoms with Crippen molar-refractivity contribution in [3.8, 4) is 0 Å². The summed E-state index contributed by atoms with van der Waals surface area (Å²) in [5, 5.41) is 7.87. The molecule has 57 heavy (non-hydrogen) atoms. The lowest BCUT2D eigenvalue weighted by atomic mass is 9.72. The van der Waals surface area contributed by atoms with Crippen LogP contribution in [0.25, 0.3) is 0 Å². The fraction of sp³-hybridized carbons (Fsp3) is 0.936. The second-order valence-electron chi connectivity index (χ2n) is 24.8. The summed E-state index contributed by atoms with van der Waals surface area (Å²) in [4.78, 5) is 29.4. The third-order valence-electron chi connectivity index (χ3n) is 17.0. The number of hydrogen-bond donors (Lipinski definition) is 2. The molecule has 328 valence electrons. The van der Waals surface area contributed by atoms with E-state index < -0.39 is 0 Å². The van der Waals surface area contributed by atoms with E-state index in [-0.39, 0.29) is 68.5 Å². The van der Waals surface area contributed by atoms with Crippen LogP contribution in [-0.4, -0.2) is 131 Å². The minimum atomic E-state index is 0.0148. The van der Waals surface area contributed by atoms with Crippen LogP contribution in [0.3, 0.4) is 0 Å². The van der Waals surface area contributed by atoms with Gasteiger partial charge in [-0.2, -0.15) is 15.0 Å². The van der Waals surface area contributed by atoms with Crippen molar-refractivity contribution in [2.24, 2.45) is 11.8 Å². The summed E-state index contributed by atoms with van der Waals surface area (Å²) in [6.07, 6.45) is 8.66. The molecule has 10 nitrogen and oxygen atoms in total. The molecule has 4 aliphatic heterocycles. The summed E-state index contributed by atoms with van der Waals surface area (Å²) >= 11 is 0. The summed E-state index contributed by atoms with van der Waals surface area (Å²) in [5.74, 6) is 3.18. The Kier molecular flexibility index (Phi) is 12.2. The summed E-state index contributed by atoms with van der Waals surface area (Å²) < 4.78 is 0. The third-order valence-corrected chi connectivity index (χ3v) is 17.0. The first-order chi connectivity index (χ1) is 25.6. The Morgan fingerprint density at radius 1 is 0.421 bits per heavy atom. The van der Waals surface area contributed by atoms with Gasteiger partial charge in [-0.1, -0.05) is 0 Å². The number of nitrogens with one attached hydrogen (secondary N) is 2. The predicted molar refractivity (Wildman–Crippen MR) is 244 cm³/mol. The molecule has 0 radical (unpaired) electrons. The van der Waals surface area contributed by atoms with E-state index in [1.807, 2.05) is 0 Å². The molecule has 4 saturated heterocycles. The molecule has 2 atom stereocenters. The zero-order valence-corrected chi connectivity index (χ0v) is 41.2. The van der Waals surface area contributed by atoms with Gasteiger partial charge in [0, 0.05) is 68.5 Å². The van der Waals surface area contributed by atoms with Crippen LogP contribution in [0.2, 0.25) is 0 Å².